The molecule has 2 aromatic carbocycles. The number of ether oxygens (including phenoxy) is 6. The first-order valence-corrected chi connectivity index (χ1v) is 25.2. The number of carbonyl (C=O) groups is 4. The lowest BCUT2D eigenvalue weighted by molar-refractivity contribution is 0.0591. The monoisotopic (exact) mass is 1120 g/mol. The molecule has 1 amide bonds. The van der Waals surface area contributed by atoms with Crippen LogP contribution >= 0.6 is 35.1 Å². The number of hydrogen-bond acceptors (Lipinski definition) is 25. The summed E-state index contributed by atoms with van der Waals surface area (Å²) in [6, 6.07) is 19.1. The summed E-state index contributed by atoms with van der Waals surface area (Å²) in [5, 5.41) is 18.1. The van der Waals surface area contributed by atoms with Gasteiger partial charge in [0.05, 0.1) is 70.4 Å². The van der Waals surface area contributed by atoms with Crippen molar-refractivity contribution >= 4 is 115 Å². The second-order valence-electron chi connectivity index (χ2n) is 16.7. The van der Waals surface area contributed by atoms with Crippen LogP contribution in [-0.2, 0) is 9.47 Å². The number of carbonyl (C=O) groups excluding carboxylic acids is 3. The molecule has 0 saturated carbocycles. The van der Waals surface area contributed by atoms with Crippen LogP contribution in [0.15, 0.2) is 83.8 Å². The zero-order valence-corrected chi connectivity index (χ0v) is 45.2. The van der Waals surface area contributed by atoms with Crippen molar-refractivity contribution in [2.45, 2.75) is 24.9 Å². The van der Waals surface area contributed by atoms with Gasteiger partial charge in [0.25, 0.3) is 17.7 Å². The van der Waals surface area contributed by atoms with Crippen LogP contribution in [0.4, 0.5) is 35.2 Å². The third-order valence-electron chi connectivity index (χ3n) is 11.8. The number of nitrogens with zero attached hydrogens (tertiary/aromatic N) is 10. The smallest absolute Gasteiger partial charge is 0.337 e. The van der Waals surface area contributed by atoms with E-state index in [4.69, 9.17) is 44.5 Å². The van der Waals surface area contributed by atoms with Crippen LogP contribution < -0.4 is 50.4 Å². The predicted molar refractivity (Wildman–Crippen MR) is 294 cm³/mol. The molecular formula is C50H53ClN14O11S2. The van der Waals surface area contributed by atoms with Gasteiger partial charge in [-0.05, 0) is 85.6 Å². The average molecular weight is 1130 g/mol. The molecular weight excluding hydrogens is 1070 g/mol. The van der Waals surface area contributed by atoms with Crippen molar-refractivity contribution in [3.05, 3.63) is 106 Å². The Labute approximate surface area is 459 Å². The highest BCUT2D eigenvalue weighted by Crippen LogP contribution is 2.33. The summed E-state index contributed by atoms with van der Waals surface area (Å²) in [4.78, 5) is 87.8. The number of hydrogen-bond donors (Lipinski definition) is 5. The number of amides is 1. The maximum atomic E-state index is 12.8. The first-order valence-electron chi connectivity index (χ1n) is 23.4. The fraction of sp³-hybridized carbons (Fsp3) is 0.280. The molecule has 28 heteroatoms. The third kappa shape index (κ3) is 13.6. The molecule has 0 bridgehead atoms. The van der Waals surface area contributed by atoms with E-state index in [1.54, 1.807) is 80.9 Å². The van der Waals surface area contributed by atoms with Crippen molar-refractivity contribution < 1.29 is 52.7 Å². The third-order valence-corrected chi connectivity index (χ3v) is 13.2. The second kappa shape index (κ2) is 26.3. The highest BCUT2D eigenvalue weighted by Gasteiger charge is 2.28. The predicted octanol–water partition coefficient (Wildman–Crippen LogP) is 6.41. The number of thiazole rings is 2. The van der Waals surface area contributed by atoms with E-state index in [2.05, 4.69) is 55.5 Å². The molecule has 10 rings (SSSR count). The zero-order valence-electron chi connectivity index (χ0n) is 42.8. The molecule has 0 radical (unpaired) electrons. The molecule has 2 aliphatic rings. The standard InChI is InChI=1S/C25H25N7O5S.C16H19N7O2S.C9H8O4.ClH/c1-35-17-8-9-18(29-22(17)36-2)28-20-19-23(38-13-26-19)31-25(30-20)32-11-10-16(12-32)27-21(33)14-4-6-15(7-5-14)24(34)37-3;1-24-10-3-4-11(20-14(10)25-2)19-13-12-15(26-8-18-12)22-16(21-13)23-6-5-9(17)7-23;1-13-9(12)7-4-2-6(3-5-7)8(10)11;/h4-9,13,16H,10-12H2,1-3H3,(H,27,33)(H,28,29,30,31);3-4,8-9H,5-7,17H2,1-2H3,(H,19,20,21,22);2-5H,1H3,(H,10,11);1H. The maximum Gasteiger partial charge on any atom is 0.337 e. The number of pyridine rings is 2. The SMILES string of the molecule is COC(=O)c1ccc(C(=O)NC2CCN(c3nc(Nc4ccc(OC)c(OC)n4)c4ncsc4n3)C2)cc1.COC(=O)c1ccc(C(=O)O)cc1.COc1ccc(Nc2nc(N3CCC(N)C3)nc3scnc23)nc1OC.Cl. The Bertz CT molecular complexity index is 3390. The Morgan fingerprint density at radius 2 is 1.03 bits per heavy atom. The fourth-order valence-electron chi connectivity index (χ4n) is 7.84. The van der Waals surface area contributed by atoms with E-state index >= 15 is 0 Å². The van der Waals surface area contributed by atoms with Crippen LogP contribution in [0.2, 0.25) is 0 Å². The summed E-state index contributed by atoms with van der Waals surface area (Å²) in [6.45, 7) is 2.81. The number of aromatic nitrogens is 8. The van der Waals surface area contributed by atoms with Crippen LogP contribution in [0.3, 0.4) is 0 Å². The Kier molecular flexibility index (Phi) is 19.2. The molecule has 0 aliphatic carbocycles. The molecule has 6 N–H and O–H groups in total. The van der Waals surface area contributed by atoms with E-state index in [-0.39, 0.29) is 36.0 Å². The number of fused-ring (bicyclic) bond motifs is 2. The lowest BCUT2D eigenvalue weighted by Crippen LogP contribution is -2.37. The Hall–Kier alpha value is -8.79. The molecule has 8 heterocycles. The molecule has 78 heavy (non-hydrogen) atoms. The first-order chi connectivity index (χ1) is 37.3. The average Bonchev–Trinajstić information content (AvgIpc) is 4.32. The molecule has 0 spiro atoms. The number of nitrogens with two attached hydrogens (primary N) is 1. The number of aromatic carboxylic acids is 1. The Morgan fingerprint density at radius 3 is 1.45 bits per heavy atom. The molecule has 2 fully saturated rings. The molecule has 2 saturated heterocycles. The minimum atomic E-state index is -1.02. The van der Waals surface area contributed by atoms with Gasteiger partial charge in [0.2, 0.25) is 11.9 Å². The number of methoxy groups -OCH3 is 6. The lowest BCUT2D eigenvalue weighted by Gasteiger charge is -2.18. The van der Waals surface area contributed by atoms with Gasteiger partial charge >= 0.3 is 17.9 Å². The van der Waals surface area contributed by atoms with E-state index in [0.717, 1.165) is 35.6 Å². The van der Waals surface area contributed by atoms with Crippen molar-refractivity contribution in [2.75, 3.05) is 89.3 Å². The minimum Gasteiger partial charge on any atom is -0.491 e. The van der Waals surface area contributed by atoms with Gasteiger partial charge in [-0.15, -0.1) is 35.1 Å². The normalized spacial score (nSPS) is 14.4. The summed E-state index contributed by atoms with van der Waals surface area (Å²) < 4.78 is 30.2. The number of benzene rings is 2. The quantitative estimate of drug-likeness (QED) is 0.0692. The summed E-state index contributed by atoms with van der Waals surface area (Å²) in [5.41, 5.74) is 12.2. The van der Waals surface area contributed by atoms with E-state index in [1.165, 1.54) is 68.3 Å². The molecule has 6 aromatic heterocycles. The van der Waals surface area contributed by atoms with Gasteiger partial charge in [-0.3, -0.25) is 4.79 Å². The van der Waals surface area contributed by atoms with Crippen LogP contribution in [0.5, 0.6) is 23.3 Å². The summed E-state index contributed by atoms with van der Waals surface area (Å²) in [5.74, 6) is 3.07. The van der Waals surface area contributed by atoms with Crippen LogP contribution in [0.1, 0.15) is 54.3 Å². The molecule has 25 nitrogen and oxygen atoms in total. The highest BCUT2D eigenvalue weighted by atomic mass is 35.5. The number of esters is 2. The van der Waals surface area contributed by atoms with Crippen molar-refractivity contribution in [2.24, 2.45) is 5.73 Å². The number of anilines is 6. The number of halogens is 1. The molecule has 2 atom stereocenters. The zero-order chi connectivity index (χ0) is 54.6. The summed E-state index contributed by atoms with van der Waals surface area (Å²) >= 11 is 2.89. The Morgan fingerprint density at radius 1 is 0.577 bits per heavy atom. The van der Waals surface area contributed by atoms with Gasteiger partial charge in [0.1, 0.15) is 22.7 Å². The van der Waals surface area contributed by atoms with Crippen LogP contribution in [-0.4, -0.2) is 150 Å². The summed E-state index contributed by atoms with van der Waals surface area (Å²) in [6.07, 6.45) is 1.67. The molecule has 2 aliphatic heterocycles. The largest absolute Gasteiger partial charge is 0.491 e. The number of rotatable bonds is 15. The topological polar surface area (TPSA) is 316 Å². The fourth-order valence-corrected chi connectivity index (χ4v) is 9.14. The minimum absolute atomic E-state index is 0. The molecule has 408 valence electrons. The van der Waals surface area contributed by atoms with Gasteiger partial charge < -0.3 is 65.0 Å². The first kappa shape index (κ1) is 56.9. The van der Waals surface area contributed by atoms with E-state index in [1.807, 2.05) is 4.90 Å². The van der Waals surface area contributed by atoms with Crippen molar-refractivity contribution in [1.82, 2.24) is 45.2 Å². The van der Waals surface area contributed by atoms with E-state index in [0.29, 0.717) is 99.2 Å². The van der Waals surface area contributed by atoms with Crippen molar-refractivity contribution in [3.8, 4) is 23.3 Å². The van der Waals surface area contributed by atoms with Gasteiger partial charge in [0, 0.05) is 43.8 Å². The number of nitrogens with one attached hydrogen (secondary N) is 3. The van der Waals surface area contributed by atoms with Crippen molar-refractivity contribution in [1.29, 1.82) is 0 Å². The van der Waals surface area contributed by atoms with E-state index in [9.17, 15) is 19.2 Å². The lowest BCUT2D eigenvalue weighted by atomic mass is 10.1. The van der Waals surface area contributed by atoms with Gasteiger partial charge in [0.15, 0.2) is 32.8 Å². The highest BCUT2D eigenvalue weighted by molar-refractivity contribution is 7.16. The van der Waals surface area contributed by atoms with Gasteiger partial charge in [-0.25, -0.2) is 24.4 Å². The maximum absolute atomic E-state index is 12.8. The second-order valence-corrected chi connectivity index (χ2v) is 18.3. The van der Waals surface area contributed by atoms with Crippen LogP contribution in [0, 0.1) is 0 Å². The number of carboxylic acid groups (broad SMARTS) is 1. The van der Waals surface area contributed by atoms with Crippen LogP contribution in [0.25, 0.3) is 20.7 Å². The molecule has 2 unspecified atom stereocenters. The number of carboxylic acids is 1. The summed E-state index contributed by atoms with van der Waals surface area (Å²) in [7, 11) is 8.78. The van der Waals surface area contributed by atoms with Crippen molar-refractivity contribution in [3.63, 3.8) is 0 Å². The van der Waals surface area contributed by atoms with E-state index < -0.39 is 17.9 Å². The Balaban J connectivity index is 0.000000190. The van der Waals surface area contributed by atoms with Gasteiger partial charge in [-0.1, -0.05) is 0 Å². The van der Waals surface area contributed by atoms with Gasteiger partial charge in [-0.2, -0.15) is 29.9 Å². The molecule has 8 aromatic rings.